The summed E-state index contributed by atoms with van der Waals surface area (Å²) < 4.78 is 3.25. The summed E-state index contributed by atoms with van der Waals surface area (Å²) in [5.41, 5.74) is 3.30. The van der Waals surface area contributed by atoms with Gasteiger partial charge in [-0.25, -0.2) is 4.98 Å². The predicted molar refractivity (Wildman–Crippen MR) is 92.4 cm³/mol. The van der Waals surface area contributed by atoms with Crippen LogP contribution in [-0.4, -0.2) is 15.4 Å². The molecule has 2 aromatic carbocycles. The Hall–Kier alpha value is -1.03. The maximum atomic E-state index is 5.95. The van der Waals surface area contributed by atoms with Crippen LogP contribution < -0.4 is 0 Å². The highest BCUT2D eigenvalue weighted by molar-refractivity contribution is 9.10. The van der Waals surface area contributed by atoms with Gasteiger partial charge >= 0.3 is 0 Å². The molecule has 3 aromatic rings. The van der Waals surface area contributed by atoms with E-state index in [1.165, 1.54) is 5.56 Å². The fourth-order valence-electron chi connectivity index (χ4n) is 2.38. The lowest BCUT2D eigenvalue weighted by molar-refractivity contribution is 0.754. The van der Waals surface area contributed by atoms with E-state index >= 15 is 0 Å². The second kappa shape index (κ2) is 6.39. The van der Waals surface area contributed by atoms with E-state index in [-0.39, 0.29) is 0 Å². The van der Waals surface area contributed by atoms with Crippen molar-refractivity contribution < 1.29 is 0 Å². The quantitative estimate of drug-likeness (QED) is 0.560. The van der Waals surface area contributed by atoms with Gasteiger partial charge in [0, 0.05) is 28.3 Å². The predicted octanol–water partition coefficient (Wildman–Crippen LogP) is 5.28. The lowest BCUT2D eigenvalue weighted by Crippen LogP contribution is -2.05. The molecule has 0 unspecified atom stereocenters. The standard InChI is InChI=1S/C16H13BrCl2N2/c17-12-3-6-15-14(9-12)20-16(7-8-18)21(15)10-11-1-4-13(19)5-2-11/h1-6,9H,7-8,10H2. The third kappa shape index (κ3) is 3.25. The normalized spacial score (nSPS) is 11.2. The molecule has 0 aliphatic carbocycles. The SMILES string of the molecule is ClCCc1nc2cc(Br)ccc2n1Cc1ccc(Cl)cc1. The van der Waals surface area contributed by atoms with Crippen molar-refractivity contribution in [1.29, 1.82) is 0 Å². The lowest BCUT2D eigenvalue weighted by Gasteiger charge is -2.09. The van der Waals surface area contributed by atoms with Crippen molar-refractivity contribution in [3.05, 3.63) is 63.3 Å². The van der Waals surface area contributed by atoms with Crippen molar-refractivity contribution in [3.8, 4) is 0 Å². The first-order valence-electron chi connectivity index (χ1n) is 6.62. The van der Waals surface area contributed by atoms with Crippen molar-refractivity contribution in [2.45, 2.75) is 13.0 Å². The van der Waals surface area contributed by atoms with Gasteiger partial charge in [0.2, 0.25) is 0 Å². The van der Waals surface area contributed by atoms with Gasteiger partial charge in [0.1, 0.15) is 5.82 Å². The van der Waals surface area contributed by atoms with Crippen molar-refractivity contribution in [1.82, 2.24) is 9.55 Å². The van der Waals surface area contributed by atoms with Crippen LogP contribution in [0.25, 0.3) is 11.0 Å². The van der Waals surface area contributed by atoms with Crippen molar-refractivity contribution in [2.75, 3.05) is 5.88 Å². The van der Waals surface area contributed by atoms with Gasteiger partial charge in [0.15, 0.2) is 0 Å². The highest BCUT2D eigenvalue weighted by Crippen LogP contribution is 2.23. The number of imidazole rings is 1. The minimum atomic E-state index is 0.561. The van der Waals surface area contributed by atoms with Gasteiger partial charge in [-0.05, 0) is 35.9 Å². The van der Waals surface area contributed by atoms with Gasteiger partial charge in [0.05, 0.1) is 11.0 Å². The first-order valence-corrected chi connectivity index (χ1v) is 8.33. The molecule has 1 aromatic heterocycles. The van der Waals surface area contributed by atoms with Crippen molar-refractivity contribution >= 4 is 50.2 Å². The van der Waals surface area contributed by atoms with E-state index < -0.39 is 0 Å². The fourth-order valence-corrected chi connectivity index (χ4v) is 3.02. The van der Waals surface area contributed by atoms with Crippen LogP contribution in [-0.2, 0) is 13.0 Å². The maximum absolute atomic E-state index is 5.95. The minimum Gasteiger partial charge on any atom is -0.323 e. The Labute approximate surface area is 141 Å². The third-order valence-electron chi connectivity index (χ3n) is 3.36. The number of hydrogen-bond acceptors (Lipinski definition) is 1. The molecule has 2 nitrogen and oxygen atoms in total. The van der Waals surface area contributed by atoms with Crippen LogP contribution in [0.15, 0.2) is 46.9 Å². The topological polar surface area (TPSA) is 17.8 Å². The molecule has 0 radical (unpaired) electrons. The number of nitrogens with zero attached hydrogens (tertiary/aromatic N) is 2. The number of aryl methyl sites for hydroxylation is 1. The Morgan fingerprint density at radius 1 is 1.10 bits per heavy atom. The number of aromatic nitrogens is 2. The number of fused-ring (bicyclic) bond motifs is 1. The second-order valence-corrected chi connectivity index (χ2v) is 6.54. The molecule has 0 saturated carbocycles. The van der Waals surface area contributed by atoms with E-state index in [0.29, 0.717) is 5.88 Å². The first kappa shape index (κ1) is 14.9. The van der Waals surface area contributed by atoms with Crippen molar-refractivity contribution in [3.63, 3.8) is 0 Å². The average molecular weight is 384 g/mol. The zero-order valence-electron chi connectivity index (χ0n) is 11.2. The summed E-state index contributed by atoms with van der Waals surface area (Å²) in [5, 5.41) is 0.749. The molecular formula is C16H13BrCl2N2. The third-order valence-corrected chi connectivity index (χ3v) is 4.30. The Bertz CT molecular complexity index is 766. The molecule has 0 spiro atoms. The van der Waals surface area contributed by atoms with Crippen LogP contribution in [0.1, 0.15) is 11.4 Å². The molecule has 0 aliphatic rings. The minimum absolute atomic E-state index is 0.561. The van der Waals surface area contributed by atoms with Crippen molar-refractivity contribution in [2.24, 2.45) is 0 Å². The molecule has 0 saturated heterocycles. The summed E-state index contributed by atoms with van der Waals surface area (Å²) in [4.78, 5) is 4.70. The summed E-state index contributed by atoms with van der Waals surface area (Å²) >= 11 is 15.3. The van der Waals surface area contributed by atoms with Crippen LogP contribution in [0.3, 0.4) is 0 Å². The zero-order valence-corrected chi connectivity index (χ0v) is 14.3. The summed E-state index contributed by atoms with van der Waals surface area (Å²) in [5.74, 6) is 1.57. The molecular weight excluding hydrogens is 371 g/mol. The number of benzene rings is 2. The van der Waals surface area contributed by atoms with E-state index in [4.69, 9.17) is 28.2 Å². The Morgan fingerprint density at radius 2 is 1.86 bits per heavy atom. The summed E-state index contributed by atoms with van der Waals surface area (Å²) in [7, 11) is 0. The van der Waals surface area contributed by atoms with Gasteiger partial charge in [-0.15, -0.1) is 11.6 Å². The van der Waals surface area contributed by atoms with Gasteiger partial charge in [-0.3, -0.25) is 0 Å². The molecule has 1 heterocycles. The first-order chi connectivity index (χ1) is 10.2. The van der Waals surface area contributed by atoms with E-state index in [2.05, 4.69) is 26.6 Å². The Morgan fingerprint density at radius 3 is 2.57 bits per heavy atom. The molecule has 5 heteroatoms. The summed E-state index contributed by atoms with van der Waals surface area (Å²) in [6, 6.07) is 14.1. The van der Waals surface area contributed by atoms with Gasteiger partial charge in [-0.1, -0.05) is 39.7 Å². The van der Waals surface area contributed by atoms with E-state index in [1.807, 2.05) is 36.4 Å². The van der Waals surface area contributed by atoms with Crippen LogP contribution in [0.2, 0.25) is 5.02 Å². The molecule has 0 atom stereocenters. The highest BCUT2D eigenvalue weighted by Gasteiger charge is 2.11. The van der Waals surface area contributed by atoms with Crippen LogP contribution in [0.5, 0.6) is 0 Å². The summed E-state index contributed by atoms with van der Waals surface area (Å²) in [6.07, 6.45) is 0.751. The molecule has 0 fully saturated rings. The van der Waals surface area contributed by atoms with Crippen LogP contribution in [0, 0.1) is 0 Å². The van der Waals surface area contributed by atoms with Crippen LogP contribution in [0.4, 0.5) is 0 Å². The second-order valence-electron chi connectivity index (χ2n) is 4.81. The molecule has 3 rings (SSSR count). The highest BCUT2D eigenvalue weighted by atomic mass is 79.9. The zero-order chi connectivity index (χ0) is 14.8. The molecule has 0 bridgehead atoms. The maximum Gasteiger partial charge on any atom is 0.111 e. The molecule has 21 heavy (non-hydrogen) atoms. The monoisotopic (exact) mass is 382 g/mol. The largest absolute Gasteiger partial charge is 0.323 e. The molecule has 0 amide bonds. The van der Waals surface area contributed by atoms with Gasteiger partial charge in [0.25, 0.3) is 0 Å². The molecule has 108 valence electrons. The van der Waals surface area contributed by atoms with Crippen LogP contribution >= 0.6 is 39.1 Å². The number of halogens is 3. The number of hydrogen-bond donors (Lipinski definition) is 0. The lowest BCUT2D eigenvalue weighted by atomic mass is 10.2. The Balaban J connectivity index is 2.06. The summed E-state index contributed by atoms with van der Waals surface area (Å²) in [6.45, 7) is 0.765. The average Bonchev–Trinajstić information content (AvgIpc) is 2.79. The Kier molecular flexibility index (Phi) is 4.53. The smallest absolute Gasteiger partial charge is 0.111 e. The van der Waals surface area contributed by atoms with E-state index in [1.54, 1.807) is 0 Å². The molecule has 0 aliphatic heterocycles. The number of rotatable bonds is 4. The van der Waals surface area contributed by atoms with E-state index in [0.717, 1.165) is 39.3 Å². The van der Waals surface area contributed by atoms with E-state index in [9.17, 15) is 0 Å². The fraction of sp³-hybridized carbons (Fsp3) is 0.188. The number of alkyl halides is 1. The van der Waals surface area contributed by atoms with Gasteiger partial charge in [-0.2, -0.15) is 0 Å². The van der Waals surface area contributed by atoms with Gasteiger partial charge < -0.3 is 4.57 Å². The molecule has 0 N–H and O–H groups in total.